The normalized spacial score (nSPS) is 21.1. The Balaban J connectivity index is 2.17. The third-order valence-corrected chi connectivity index (χ3v) is 3.49. The van der Waals surface area contributed by atoms with Gasteiger partial charge in [0.25, 0.3) is 0 Å². The second-order valence-electron chi connectivity index (χ2n) is 3.01. The molecule has 0 bridgehead atoms. The maximum absolute atomic E-state index is 4.84. The Morgan fingerprint density at radius 3 is 2.93 bits per heavy atom. The van der Waals surface area contributed by atoms with Gasteiger partial charge in [0.15, 0.2) is 0 Å². The SMILES string of the molecule is C1=CCCCCCCSSOOC=C1. The maximum atomic E-state index is 4.84. The van der Waals surface area contributed by atoms with Crippen LogP contribution < -0.4 is 0 Å². The molecule has 0 amide bonds. The molecule has 0 aromatic heterocycles. The van der Waals surface area contributed by atoms with Gasteiger partial charge in [-0.15, -0.1) is 4.33 Å². The fourth-order valence-electron chi connectivity index (χ4n) is 1.12. The van der Waals surface area contributed by atoms with E-state index in [0.29, 0.717) is 0 Å². The van der Waals surface area contributed by atoms with Crippen molar-refractivity contribution in [1.29, 1.82) is 0 Å². The van der Waals surface area contributed by atoms with Crippen molar-refractivity contribution in [3.05, 3.63) is 24.5 Å². The highest BCUT2D eigenvalue weighted by Crippen LogP contribution is 2.24. The van der Waals surface area contributed by atoms with Crippen molar-refractivity contribution in [3.8, 4) is 0 Å². The van der Waals surface area contributed by atoms with Crippen molar-refractivity contribution in [2.45, 2.75) is 32.1 Å². The van der Waals surface area contributed by atoms with E-state index >= 15 is 0 Å². The molecule has 4 heteroatoms. The molecule has 0 atom stereocenters. The van der Waals surface area contributed by atoms with Gasteiger partial charge >= 0.3 is 0 Å². The van der Waals surface area contributed by atoms with Crippen LogP contribution in [0, 0.1) is 0 Å². The molecule has 0 aliphatic carbocycles. The molecule has 1 aliphatic heterocycles. The fourth-order valence-corrected chi connectivity index (χ4v) is 2.40. The Labute approximate surface area is 93.7 Å². The zero-order chi connectivity index (χ0) is 9.90. The number of allylic oxidation sites excluding steroid dienone is 3. The van der Waals surface area contributed by atoms with Crippen molar-refractivity contribution in [2.24, 2.45) is 0 Å². The molecule has 1 aliphatic rings. The van der Waals surface area contributed by atoms with Crippen LogP contribution in [0.3, 0.4) is 0 Å². The summed E-state index contributed by atoms with van der Waals surface area (Å²) >= 11 is 1.30. The topological polar surface area (TPSA) is 18.5 Å². The van der Waals surface area contributed by atoms with E-state index in [1.807, 2.05) is 12.2 Å². The Bertz CT molecular complexity index is 161. The van der Waals surface area contributed by atoms with Crippen molar-refractivity contribution in [2.75, 3.05) is 5.75 Å². The zero-order valence-corrected chi connectivity index (χ0v) is 9.82. The van der Waals surface area contributed by atoms with Crippen molar-refractivity contribution < 1.29 is 9.22 Å². The van der Waals surface area contributed by atoms with Gasteiger partial charge in [-0.2, -0.15) is 0 Å². The summed E-state index contributed by atoms with van der Waals surface area (Å²) in [4.78, 5) is 4.79. The number of hydrogen-bond acceptors (Lipinski definition) is 4. The molecule has 0 unspecified atom stereocenters. The summed E-state index contributed by atoms with van der Waals surface area (Å²) in [5.74, 6) is 1.13. The first-order valence-electron chi connectivity index (χ1n) is 4.93. The van der Waals surface area contributed by atoms with E-state index in [1.165, 1.54) is 36.8 Å². The van der Waals surface area contributed by atoms with Gasteiger partial charge in [-0.05, 0) is 25.3 Å². The van der Waals surface area contributed by atoms with Crippen LogP contribution in [-0.2, 0) is 9.22 Å². The molecular formula is C10H16O2S2. The predicted molar refractivity (Wildman–Crippen MR) is 63.6 cm³/mol. The van der Waals surface area contributed by atoms with E-state index < -0.39 is 0 Å². The van der Waals surface area contributed by atoms with Gasteiger partial charge in [-0.3, -0.25) is 0 Å². The van der Waals surface area contributed by atoms with Crippen LogP contribution in [0.2, 0.25) is 0 Å². The lowest BCUT2D eigenvalue weighted by Crippen LogP contribution is -1.81. The molecule has 0 saturated heterocycles. The van der Waals surface area contributed by atoms with Crippen LogP contribution in [0.5, 0.6) is 0 Å². The van der Waals surface area contributed by atoms with Crippen LogP contribution in [-0.4, -0.2) is 5.75 Å². The Morgan fingerprint density at radius 1 is 1.00 bits per heavy atom. The monoisotopic (exact) mass is 232 g/mol. The van der Waals surface area contributed by atoms with Gasteiger partial charge in [0.2, 0.25) is 0 Å². The molecule has 1 heterocycles. The smallest absolute Gasteiger partial charge is 0.130 e. The van der Waals surface area contributed by atoms with Crippen molar-refractivity contribution in [1.82, 2.24) is 0 Å². The fraction of sp³-hybridized carbons (Fsp3) is 0.600. The van der Waals surface area contributed by atoms with Gasteiger partial charge in [-0.1, -0.05) is 35.8 Å². The van der Waals surface area contributed by atoms with Gasteiger partial charge < -0.3 is 4.89 Å². The molecule has 2 nitrogen and oxygen atoms in total. The first kappa shape index (κ1) is 12.0. The molecule has 0 aromatic rings. The largest absolute Gasteiger partial charge is 0.332 e. The summed E-state index contributed by atoms with van der Waals surface area (Å²) in [7, 11) is 1.70. The van der Waals surface area contributed by atoms with E-state index in [1.54, 1.807) is 17.1 Å². The summed E-state index contributed by atoms with van der Waals surface area (Å²) in [6.45, 7) is 0. The molecule has 0 fully saturated rings. The van der Waals surface area contributed by atoms with Gasteiger partial charge in [0, 0.05) is 5.75 Å². The standard InChI is InChI=1S/C10H16O2S2/c1-2-4-6-8-10-13-14-12-11-9-7-5-3-1/h3,5,7,9H,1-2,4,6,8,10H2. The van der Waals surface area contributed by atoms with Crippen LogP contribution in [0.15, 0.2) is 24.5 Å². The summed E-state index contributed by atoms with van der Waals surface area (Å²) in [5, 5.41) is 0. The Hall–Kier alpha value is -0.0600. The Kier molecular flexibility index (Phi) is 8.15. The van der Waals surface area contributed by atoms with Crippen LogP contribution in [0.4, 0.5) is 0 Å². The summed E-state index contributed by atoms with van der Waals surface area (Å²) in [6, 6.07) is 0. The number of rotatable bonds is 0. The molecule has 1 rings (SSSR count). The highest BCUT2D eigenvalue weighted by molar-refractivity contribution is 8.74. The summed E-state index contributed by atoms with van der Waals surface area (Å²) in [6.07, 6.45) is 13.9. The minimum atomic E-state index is 1.13. The van der Waals surface area contributed by atoms with E-state index in [9.17, 15) is 0 Å². The highest BCUT2D eigenvalue weighted by atomic mass is 33.1. The quantitative estimate of drug-likeness (QED) is 0.352. The van der Waals surface area contributed by atoms with Crippen molar-refractivity contribution >= 4 is 21.9 Å². The van der Waals surface area contributed by atoms with E-state index in [-0.39, 0.29) is 0 Å². The minimum Gasteiger partial charge on any atom is -0.332 e. The average Bonchev–Trinajstić information content (AvgIpc) is 2.22. The predicted octanol–water partition coefficient (Wildman–Crippen LogP) is 4.27. The first-order valence-corrected chi connectivity index (χ1v) is 7.18. The lowest BCUT2D eigenvalue weighted by molar-refractivity contribution is -0.127. The maximum Gasteiger partial charge on any atom is 0.130 e. The summed E-state index contributed by atoms with van der Waals surface area (Å²) < 4.78 is 4.84. The molecule has 0 radical (unpaired) electrons. The van der Waals surface area contributed by atoms with Crippen LogP contribution in [0.25, 0.3) is 0 Å². The van der Waals surface area contributed by atoms with E-state index in [2.05, 4.69) is 6.08 Å². The third-order valence-electron chi connectivity index (χ3n) is 1.84. The highest BCUT2D eigenvalue weighted by Gasteiger charge is 1.93. The first-order chi connectivity index (χ1) is 7.00. The summed E-state index contributed by atoms with van der Waals surface area (Å²) in [5.41, 5.74) is 0. The molecule has 0 saturated carbocycles. The minimum absolute atomic E-state index is 1.13. The second kappa shape index (κ2) is 9.49. The Morgan fingerprint density at radius 2 is 1.93 bits per heavy atom. The average molecular weight is 232 g/mol. The van der Waals surface area contributed by atoms with Gasteiger partial charge in [0.1, 0.15) is 17.3 Å². The third kappa shape index (κ3) is 7.35. The molecule has 0 aromatic carbocycles. The molecule has 14 heavy (non-hydrogen) atoms. The molecule has 0 N–H and O–H groups in total. The van der Waals surface area contributed by atoms with E-state index in [0.717, 1.165) is 12.2 Å². The number of hydrogen-bond donors (Lipinski definition) is 0. The second-order valence-corrected chi connectivity index (χ2v) is 5.05. The van der Waals surface area contributed by atoms with Crippen molar-refractivity contribution in [3.63, 3.8) is 0 Å². The molecular weight excluding hydrogens is 216 g/mol. The molecule has 0 spiro atoms. The molecule has 80 valence electrons. The lowest BCUT2D eigenvalue weighted by atomic mass is 10.1. The lowest BCUT2D eigenvalue weighted by Gasteiger charge is -2.00. The van der Waals surface area contributed by atoms with Crippen LogP contribution >= 0.6 is 21.9 Å². The van der Waals surface area contributed by atoms with Gasteiger partial charge in [-0.25, -0.2) is 0 Å². The van der Waals surface area contributed by atoms with Crippen LogP contribution in [0.1, 0.15) is 32.1 Å². The van der Waals surface area contributed by atoms with Gasteiger partial charge in [0.05, 0.1) is 0 Å². The zero-order valence-electron chi connectivity index (χ0n) is 8.19. The van der Waals surface area contributed by atoms with E-state index in [4.69, 9.17) is 9.22 Å².